The number of aryl methyl sites for hydroxylation is 1. The number of rotatable bonds is 4. The fraction of sp³-hybridized carbons (Fsp3) is 0.222. The van der Waals surface area contributed by atoms with Gasteiger partial charge in [0.15, 0.2) is 0 Å². The lowest BCUT2D eigenvalue weighted by molar-refractivity contribution is 0.414. The summed E-state index contributed by atoms with van der Waals surface area (Å²) < 4.78 is 5.19. The zero-order valence-corrected chi connectivity index (χ0v) is 12.8. The summed E-state index contributed by atoms with van der Waals surface area (Å²) >= 11 is 0. The third-order valence-electron chi connectivity index (χ3n) is 3.76. The highest BCUT2D eigenvalue weighted by Crippen LogP contribution is 2.26. The van der Waals surface area contributed by atoms with Crippen LogP contribution in [0.5, 0.6) is 5.75 Å². The molecule has 1 heterocycles. The maximum atomic E-state index is 6.47. The van der Waals surface area contributed by atoms with Crippen LogP contribution in [-0.4, -0.2) is 17.1 Å². The van der Waals surface area contributed by atoms with Crippen molar-refractivity contribution in [2.75, 3.05) is 7.11 Å². The molecule has 3 rings (SSSR count). The van der Waals surface area contributed by atoms with E-state index in [1.807, 2.05) is 55.5 Å². The molecule has 0 saturated heterocycles. The van der Waals surface area contributed by atoms with Crippen LogP contribution >= 0.6 is 0 Å². The fourth-order valence-electron chi connectivity index (χ4n) is 2.52. The third kappa shape index (κ3) is 2.65. The van der Waals surface area contributed by atoms with Crippen molar-refractivity contribution in [3.63, 3.8) is 0 Å². The van der Waals surface area contributed by atoms with Crippen LogP contribution in [0.15, 0.2) is 48.5 Å². The Bertz CT molecular complexity index is 784. The number of nitrogens with zero attached hydrogens (tertiary/aromatic N) is 2. The highest BCUT2D eigenvalue weighted by molar-refractivity contribution is 5.81. The second-order valence-electron chi connectivity index (χ2n) is 5.15. The van der Waals surface area contributed by atoms with Crippen molar-refractivity contribution in [2.24, 2.45) is 5.73 Å². The highest BCUT2D eigenvalue weighted by atomic mass is 16.5. The Labute approximate surface area is 130 Å². The summed E-state index contributed by atoms with van der Waals surface area (Å²) in [5.74, 6) is 1.63. The number of nitrogens with two attached hydrogens (primary N) is 1. The van der Waals surface area contributed by atoms with Crippen molar-refractivity contribution in [1.82, 2.24) is 9.97 Å². The monoisotopic (exact) mass is 293 g/mol. The van der Waals surface area contributed by atoms with Crippen molar-refractivity contribution in [3.05, 3.63) is 65.6 Å². The van der Waals surface area contributed by atoms with Crippen LogP contribution < -0.4 is 10.5 Å². The zero-order chi connectivity index (χ0) is 15.5. The topological polar surface area (TPSA) is 61.0 Å². The van der Waals surface area contributed by atoms with Crippen LogP contribution in [0, 0.1) is 0 Å². The van der Waals surface area contributed by atoms with Crippen LogP contribution in [0.25, 0.3) is 10.9 Å². The molecule has 0 saturated carbocycles. The van der Waals surface area contributed by atoms with Gasteiger partial charge in [0.25, 0.3) is 0 Å². The van der Waals surface area contributed by atoms with E-state index in [0.717, 1.165) is 40.2 Å². The number of ether oxygens (including phenoxy) is 1. The maximum absolute atomic E-state index is 6.47. The second-order valence-corrected chi connectivity index (χ2v) is 5.15. The molecule has 0 aliphatic carbocycles. The molecule has 0 spiro atoms. The summed E-state index contributed by atoms with van der Waals surface area (Å²) in [6, 6.07) is 15.5. The molecule has 0 radical (unpaired) electrons. The Balaban J connectivity index is 2.10. The van der Waals surface area contributed by atoms with E-state index in [4.69, 9.17) is 10.5 Å². The lowest BCUT2D eigenvalue weighted by Gasteiger charge is -2.15. The summed E-state index contributed by atoms with van der Waals surface area (Å²) in [4.78, 5) is 9.24. The van der Waals surface area contributed by atoms with E-state index in [1.165, 1.54) is 0 Å². The first-order valence-electron chi connectivity index (χ1n) is 7.38. The van der Waals surface area contributed by atoms with Gasteiger partial charge in [-0.25, -0.2) is 9.97 Å². The summed E-state index contributed by atoms with van der Waals surface area (Å²) in [5, 5.41) is 1.00. The van der Waals surface area contributed by atoms with Crippen molar-refractivity contribution in [2.45, 2.75) is 19.4 Å². The first-order valence-corrected chi connectivity index (χ1v) is 7.38. The van der Waals surface area contributed by atoms with Crippen LogP contribution in [0.4, 0.5) is 0 Å². The van der Waals surface area contributed by atoms with Gasteiger partial charge in [0.05, 0.1) is 24.4 Å². The molecule has 1 unspecified atom stereocenters. The van der Waals surface area contributed by atoms with Gasteiger partial charge >= 0.3 is 0 Å². The summed E-state index contributed by atoms with van der Waals surface area (Å²) in [6.45, 7) is 2.05. The quantitative estimate of drug-likeness (QED) is 0.802. The molecule has 0 fully saturated rings. The minimum absolute atomic E-state index is 0.288. The smallest absolute Gasteiger partial charge is 0.129 e. The first kappa shape index (κ1) is 14.5. The normalized spacial score (nSPS) is 12.3. The van der Waals surface area contributed by atoms with E-state index in [-0.39, 0.29) is 6.04 Å². The van der Waals surface area contributed by atoms with Crippen molar-refractivity contribution in [3.8, 4) is 5.75 Å². The van der Waals surface area contributed by atoms with Crippen molar-refractivity contribution in [1.29, 1.82) is 0 Å². The van der Waals surface area contributed by atoms with Gasteiger partial charge in [-0.05, 0) is 23.8 Å². The molecule has 4 heteroatoms. The van der Waals surface area contributed by atoms with Gasteiger partial charge in [-0.3, -0.25) is 0 Å². The minimum atomic E-state index is -0.288. The van der Waals surface area contributed by atoms with E-state index >= 15 is 0 Å². The minimum Gasteiger partial charge on any atom is -0.497 e. The summed E-state index contributed by atoms with van der Waals surface area (Å²) in [5.41, 5.74) is 9.28. The number of hydrogen-bond acceptors (Lipinski definition) is 4. The molecule has 4 nitrogen and oxygen atoms in total. The van der Waals surface area contributed by atoms with E-state index in [1.54, 1.807) is 7.11 Å². The van der Waals surface area contributed by atoms with Crippen LogP contribution in [0.2, 0.25) is 0 Å². The molecule has 2 aromatic carbocycles. The van der Waals surface area contributed by atoms with Gasteiger partial charge in [0.1, 0.15) is 11.6 Å². The Morgan fingerprint density at radius 2 is 1.77 bits per heavy atom. The molecular formula is C18H19N3O. The van der Waals surface area contributed by atoms with E-state index in [9.17, 15) is 0 Å². The molecule has 0 aliphatic heterocycles. The number of methoxy groups -OCH3 is 1. The molecule has 112 valence electrons. The lowest BCUT2D eigenvalue weighted by Crippen LogP contribution is -2.15. The molecule has 0 bridgehead atoms. The Morgan fingerprint density at radius 1 is 1.05 bits per heavy atom. The van der Waals surface area contributed by atoms with Gasteiger partial charge in [0, 0.05) is 11.8 Å². The standard InChI is InChI=1S/C18H19N3O/c1-3-16-20-15-7-5-4-6-14(15)18(21-16)17(19)12-8-10-13(22-2)11-9-12/h4-11,17H,3,19H2,1-2H3. The van der Waals surface area contributed by atoms with E-state index < -0.39 is 0 Å². The zero-order valence-electron chi connectivity index (χ0n) is 12.8. The molecule has 22 heavy (non-hydrogen) atoms. The largest absolute Gasteiger partial charge is 0.497 e. The summed E-state index contributed by atoms with van der Waals surface area (Å²) in [7, 11) is 1.65. The third-order valence-corrected chi connectivity index (χ3v) is 3.76. The number of benzene rings is 2. The molecule has 1 atom stereocenters. The van der Waals surface area contributed by atoms with Crippen LogP contribution in [-0.2, 0) is 6.42 Å². The fourth-order valence-corrected chi connectivity index (χ4v) is 2.52. The summed E-state index contributed by atoms with van der Waals surface area (Å²) in [6.07, 6.45) is 0.785. The van der Waals surface area contributed by atoms with Gasteiger partial charge < -0.3 is 10.5 Å². The Hall–Kier alpha value is -2.46. The number of para-hydroxylation sites is 1. The average Bonchev–Trinajstić information content (AvgIpc) is 2.60. The number of hydrogen-bond donors (Lipinski definition) is 1. The van der Waals surface area contributed by atoms with Gasteiger partial charge in [-0.15, -0.1) is 0 Å². The Morgan fingerprint density at radius 3 is 2.45 bits per heavy atom. The average molecular weight is 293 g/mol. The first-order chi connectivity index (χ1) is 10.7. The Kier molecular flexibility index (Phi) is 4.02. The van der Waals surface area contributed by atoms with Gasteiger partial charge in [0.2, 0.25) is 0 Å². The van der Waals surface area contributed by atoms with E-state index in [0.29, 0.717) is 0 Å². The van der Waals surface area contributed by atoms with Gasteiger partial charge in [-0.1, -0.05) is 37.3 Å². The molecule has 0 amide bonds. The second kappa shape index (κ2) is 6.12. The van der Waals surface area contributed by atoms with Crippen LogP contribution in [0.3, 0.4) is 0 Å². The van der Waals surface area contributed by atoms with Crippen molar-refractivity contribution >= 4 is 10.9 Å². The molecule has 2 N–H and O–H groups in total. The molecule has 3 aromatic rings. The maximum Gasteiger partial charge on any atom is 0.129 e. The van der Waals surface area contributed by atoms with Crippen LogP contribution in [0.1, 0.15) is 30.0 Å². The SMILES string of the molecule is CCc1nc(C(N)c2ccc(OC)cc2)c2ccccc2n1. The van der Waals surface area contributed by atoms with Crippen molar-refractivity contribution < 1.29 is 4.74 Å². The number of fused-ring (bicyclic) bond motifs is 1. The molecule has 0 aliphatic rings. The molecular weight excluding hydrogens is 274 g/mol. The van der Waals surface area contributed by atoms with E-state index in [2.05, 4.69) is 9.97 Å². The predicted octanol–water partition coefficient (Wildman–Crippen LogP) is 3.25. The number of aromatic nitrogens is 2. The molecule has 1 aromatic heterocycles. The predicted molar refractivity (Wildman–Crippen MR) is 87.9 cm³/mol. The van der Waals surface area contributed by atoms with Gasteiger partial charge in [-0.2, -0.15) is 0 Å². The highest BCUT2D eigenvalue weighted by Gasteiger charge is 2.16. The lowest BCUT2D eigenvalue weighted by atomic mass is 10.0.